The lowest BCUT2D eigenvalue weighted by molar-refractivity contribution is -0.122. The number of nitrogens with one attached hydrogen (secondary N) is 2. The van der Waals surface area contributed by atoms with Crippen LogP contribution < -0.4 is 15.4 Å². The van der Waals surface area contributed by atoms with E-state index < -0.39 is 17.5 Å². The molecule has 9 heteroatoms. The van der Waals surface area contributed by atoms with Gasteiger partial charge in [0.25, 0.3) is 11.8 Å². The lowest BCUT2D eigenvalue weighted by Crippen LogP contribution is -2.54. The van der Waals surface area contributed by atoms with E-state index in [0.29, 0.717) is 23.6 Å². The molecule has 0 radical (unpaired) electrons. The van der Waals surface area contributed by atoms with E-state index in [9.17, 15) is 14.4 Å². The highest BCUT2D eigenvalue weighted by Gasteiger charge is 2.48. The number of hydrogen-bond acceptors (Lipinski definition) is 6. The van der Waals surface area contributed by atoms with Crippen LogP contribution in [0.2, 0.25) is 0 Å². The summed E-state index contributed by atoms with van der Waals surface area (Å²) >= 11 is 0. The zero-order valence-electron chi connectivity index (χ0n) is 15.8. The van der Waals surface area contributed by atoms with Gasteiger partial charge in [-0.15, -0.1) is 5.10 Å². The van der Waals surface area contributed by atoms with Crippen LogP contribution in [0.4, 0.5) is 4.79 Å². The second-order valence-corrected chi connectivity index (χ2v) is 6.81. The van der Waals surface area contributed by atoms with E-state index in [0.717, 1.165) is 11.3 Å². The van der Waals surface area contributed by atoms with E-state index >= 15 is 0 Å². The first-order valence-corrected chi connectivity index (χ1v) is 8.83. The molecule has 1 aromatic carbocycles. The van der Waals surface area contributed by atoms with Gasteiger partial charge in [-0.2, -0.15) is 5.10 Å². The van der Waals surface area contributed by atoms with Crippen LogP contribution in [0, 0.1) is 18.8 Å². The second kappa shape index (κ2) is 6.91. The quantitative estimate of drug-likeness (QED) is 0.578. The van der Waals surface area contributed by atoms with Crippen LogP contribution >= 0.6 is 0 Å². The summed E-state index contributed by atoms with van der Waals surface area (Å²) in [4.78, 5) is 38.7. The van der Waals surface area contributed by atoms with Crippen molar-refractivity contribution in [2.75, 3.05) is 13.7 Å². The number of aromatic nitrogens is 2. The van der Waals surface area contributed by atoms with E-state index in [-0.39, 0.29) is 12.5 Å². The van der Waals surface area contributed by atoms with Crippen molar-refractivity contribution in [1.29, 1.82) is 0 Å². The van der Waals surface area contributed by atoms with Crippen LogP contribution in [0.25, 0.3) is 0 Å². The monoisotopic (exact) mass is 391 g/mol. The topological polar surface area (TPSA) is 114 Å². The zero-order chi connectivity index (χ0) is 20.6. The number of amides is 4. The van der Waals surface area contributed by atoms with E-state index in [1.54, 1.807) is 37.3 Å². The summed E-state index contributed by atoms with van der Waals surface area (Å²) in [6.45, 7) is 1.99. The number of rotatable bonds is 3. The van der Waals surface area contributed by atoms with Gasteiger partial charge in [-0.25, -0.2) is 4.79 Å². The van der Waals surface area contributed by atoms with E-state index in [4.69, 9.17) is 4.74 Å². The molecular weight excluding hydrogens is 374 g/mol. The first-order chi connectivity index (χ1) is 13.9. The number of methoxy groups -OCH3 is 1. The molecule has 3 heterocycles. The molecule has 29 heavy (non-hydrogen) atoms. The standard InChI is InChI=1S/C20H17N5O4/c1-12-3-5-14(24-23-12)7-8-20(18(27)21-19(28)22-20)11-25-10-13-4-6-15(29-2)9-16(13)17(25)26/h3-6,9H,10-11H2,1-2H3,(H2,21,22,27,28)/t20-/m1/s1. The molecule has 2 N–H and O–H groups in total. The molecule has 1 atom stereocenters. The summed E-state index contributed by atoms with van der Waals surface area (Å²) in [5.74, 6) is 5.26. The highest BCUT2D eigenvalue weighted by Crippen LogP contribution is 2.28. The van der Waals surface area contributed by atoms with Crippen LogP contribution in [0.15, 0.2) is 30.3 Å². The van der Waals surface area contributed by atoms with Gasteiger partial charge in [-0.05, 0) is 42.7 Å². The van der Waals surface area contributed by atoms with Gasteiger partial charge in [0.15, 0.2) is 0 Å². The minimum Gasteiger partial charge on any atom is -0.497 e. The van der Waals surface area contributed by atoms with Gasteiger partial charge in [-0.3, -0.25) is 14.9 Å². The average molecular weight is 391 g/mol. The summed E-state index contributed by atoms with van der Waals surface area (Å²) in [6.07, 6.45) is 0. The molecule has 146 valence electrons. The Morgan fingerprint density at radius 1 is 1.21 bits per heavy atom. The number of urea groups is 1. The van der Waals surface area contributed by atoms with Gasteiger partial charge in [0.2, 0.25) is 5.54 Å². The Morgan fingerprint density at radius 3 is 2.69 bits per heavy atom. The van der Waals surface area contributed by atoms with Crippen LogP contribution in [0.3, 0.4) is 0 Å². The molecule has 2 aliphatic rings. The summed E-state index contributed by atoms with van der Waals surface area (Å²) in [5, 5.41) is 12.6. The third-order valence-electron chi connectivity index (χ3n) is 4.77. The maximum atomic E-state index is 12.9. The number of aryl methyl sites for hydroxylation is 1. The first kappa shape index (κ1) is 18.4. The molecule has 1 aromatic heterocycles. The molecular formula is C20H17N5O4. The lowest BCUT2D eigenvalue weighted by Gasteiger charge is -2.26. The van der Waals surface area contributed by atoms with Crippen LogP contribution in [-0.4, -0.2) is 52.1 Å². The SMILES string of the molecule is COc1ccc2c(c1)C(=O)N(C[C@@]1(C#Cc3ccc(C)nn3)NC(=O)NC1=O)C2. The van der Waals surface area contributed by atoms with Crippen molar-refractivity contribution >= 4 is 17.8 Å². The van der Waals surface area contributed by atoms with Crippen molar-refractivity contribution in [3.8, 4) is 17.6 Å². The fourth-order valence-corrected chi connectivity index (χ4v) is 3.25. The molecule has 1 saturated heterocycles. The van der Waals surface area contributed by atoms with Crippen LogP contribution in [0.5, 0.6) is 5.75 Å². The molecule has 9 nitrogen and oxygen atoms in total. The summed E-state index contributed by atoms with van der Waals surface area (Å²) < 4.78 is 5.18. The average Bonchev–Trinajstić information content (AvgIpc) is 3.16. The predicted molar refractivity (Wildman–Crippen MR) is 101 cm³/mol. The Balaban J connectivity index is 1.64. The Kier molecular flexibility index (Phi) is 4.39. The minimum atomic E-state index is -1.58. The third-order valence-corrected chi connectivity index (χ3v) is 4.77. The van der Waals surface area contributed by atoms with Gasteiger partial charge in [0.05, 0.1) is 19.3 Å². The van der Waals surface area contributed by atoms with Gasteiger partial charge >= 0.3 is 6.03 Å². The molecule has 0 unspecified atom stereocenters. The van der Waals surface area contributed by atoms with Crippen molar-refractivity contribution in [3.05, 3.63) is 52.8 Å². The molecule has 4 rings (SSSR count). The van der Waals surface area contributed by atoms with Crippen LogP contribution in [-0.2, 0) is 11.3 Å². The van der Waals surface area contributed by atoms with Crippen molar-refractivity contribution in [3.63, 3.8) is 0 Å². The Morgan fingerprint density at radius 2 is 2.03 bits per heavy atom. The first-order valence-electron chi connectivity index (χ1n) is 8.83. The lowest BCUT2D eigenvalue weighted by atomic mass is 9.99. The molecule has 0 saturated carbocycles. The number of ether oxygens (including phenoxy) is 1. The predicted octanol–water partition coefficient (Wildman–Crippen LogP) is 0.379. The highest BCUT2D eigenvalue weighted by molar-refractivity contribution is 6.10. The maximum absolute atomic E-state index is 12.9. The Labute approximate surface area is 166 Å². The van der Waals surface area contributed by atoms with Gasteiger partial charge in [0, 0.05) is 12.1 Å². The highest BCUT2D eigenvalue weighted by atomic mass is 16.5. The van der Waals surface area contributed by atoms with Crippen molar-refractivity contribution in [2.45, 2.75) is 19.0 Å². The molecule has 0 bridgehead atoms. The molecule has 0 aliphatic carbocycles. The number of benzene rings is 1. The number of nitrogens with zero attached hydrogens (tertiary/aromatic N) is 3. The summed E-state index contributed by atoms with van der Waals surface area (Å²) in [6, 6.07) is 7.98. The molecule has 0 spiro atoms. The normalized spacial score (nSPS) is 19.9. The Bertz CT molecular complexity index is 1090. The number of carbonyl (C=O) groups is 3. The van der Waals surface area contributed by atoms with E-state index in [1.807, 2.05) is 0 Å². The van der Waals surface area contributed by atoms with Crippen LogP contribution in [0.1, 0.15) is 27.3 Å². The third kappa shape index (κ3) is 3.36. The Hall–Kier alpha value is -3.93. The number of carbonyl (C=O) groups excluding carboxylic acids is 3. The number of imide groups is 1. The minimum absolute atomic E-state index is 0.104. The van der Waals surface area contributed by atoms with E-state index in [2.05, 4.69) is 32.7 Å². The van der Waals surface area contributed by atoms with Gasteiger partial charge < -0.3 is 15.0 Å². The smallest absolute Gasteiger partial charge is 0.323 e. The number of fused-ring (bicyclic) bond motifs is 1. The van der Waals surface area contributed by atoms with Crippen molar-refractivity contribution < 1.29 is 19.1 Å². The largest absolute Gasteiger partial charge is 0.497 e. The van der Waals surface area contributed by atoms with Gasteiger partial charge in [0.1, 0.15) is 11.4 Å². The van der Waals surface area contributed by atoms with E-state index in [1.165, 1.54) is 12.0 Å². The summed E-state index contributed by atoms with van der Waals surface area (Å²) in [7, 11) is 1.52. The molecule has 2 aliphatic heterocycles. The fraction of sp³-hybridized carbons (Fsp3) is 0.250. The van der Waals surface area contributed by atoms with Crippen molar-refractivity contribution in [1.82, 2.24) is 25.7 Å². The van der Waals surface area contributed by atoms with Gasteiger partial charge in [-0.1, -0.05) is 12.0 Å². The molecule has 4 amide bonds. The maximum Gasteiger partial charge on any atom is 0.323 e. The molecule has 2 aromatic rings. The van der Waals surface area contributed by atoms with Crippen molar-refractivity contribution in [2.24, 2.45) is 0 Å². The number of hydrogen-bond donors (Lipinski definition) is 2. The molecule has 1 fully saturated rings. The second-order valence-electron chi connectivity index (χ2n) is 6.81. The summed E-state index contributed by atoms with van der Waals surface area (Å²) in [5.41, 5.74) is 0.818. The fourth-order valence-electron chi connectivity index (χ4n) is 3.25. The zero-order valence-corrected chi connectivity index (χ0v) is 15.8.